The average Bonchev–Trinajstić information content (AvgIpc) is 2.23. The molecule has 1 heterocycles. The Balaban J connectivity index is 2.40. The molecule has 0 saturated carbocycles. The first-order chi connectivity index (χ1) is 7.08. The fraction of sp³-hybridized carbons (Fsp3) is 0.778. The van der Waals surface area contributed by atoms with Crippen LogP contribution in [0.1, 0.15) is 13.3 Å². The third-order valence-corrected chi connectivity index (χ3v) is 2.09. The fourth-order valence-electron chi connectivity index (χ4n) is 1.06. The molecule has 1 saturated heterocycles. The van der Waals surface area contributed by atoms with Crippen molar-refractivity contribution >= 4 is 20.0 Å². The molecule has 0 spiro atoms. The molecule has 0 N–H and O–H groups in total. The molecule has 2 radical (unpaired) electrons. The minimum atomic E-state index is -0.900. The van der Waals surface area contributed by atoms with Crippen molar-refractivity contribution in [3.05, 3.63) is 0 Å². The highest BCUT2D eigenvalue weighted by atomic mass is 16.7. The van der Waals surface area contributed by atoms with Gasteiger partial charge in [-0.3, -0.25) is 4.79 Å². The van der Waals surface area contributed by atoms with E-state index in [1.807, 2.05) is 0 Å². The van der Waals surface area contributed by atoms with Gasteiger partial charge in [0.15, 0.2) is 0 Å². The number of carbonyl (C=O) groups is 2. The number of hydrogen-bond donors (Lipinski definition) is 0. The van der Waals surface area contributed by atoms with Crippen LogP contribution in [-0.2, 0) is 19.0 Å². The molecule has 0 amide bonds. The SMILES string of the molecule is [B]CCCOC(=O)C1(C)COC(=O)OC1. The summed E-state index contributed by atoms with van der Waals surface area (Å²) in [6.07, 6.45) is 0.333. The maximum absolute atomic E-state index is 11.6. The van der Waals surface area contributed by atoms with E-state index in [2.05, 4.69) is 9.47 Å². The van der Waals surface area contributed by atoms with Crippen molar-refractivity contribution in [1.29, 1.82) is 0 Å². The van der Waals surface area contributed by atoms with E-state index >= 15 is 0 Å². The van der Waals surface area contributed by atoms with Gasteiger partial charge in [-0.25, -0.2) is 4.79 Å². The Labute approximate surface area is 89.5 Å². The molecular formula is C9H13BO5. The molecule has 15 heavy (non-hydrogen) atoms. The Kier molecular flexibility index (Phi) is 4.00. The van der Waals surface area contributed by atoms with Gasteiger partial charge >= 0.3 is 12.1 Å². The van der Waals surface area contributed by atoms with E-state index in [0.29, 0.717) is 12.7 Å². The molecule has 0 aromatic heterocycles. The minimum Gasteiger partial charge on any atom is -0.465 e. The van der Waals surface area contributed by atoms with Gasteiger partial charge in [0.1, 0.15) is 18.6 Å². The number of carbonyl (C=O) groups excluding carboxylic acids is 2. The van der Waals surface area contributed by atoms with Gasteiger partial charge in [-0.1, -0.05) is 6.32 Å². The second-order valence-corrected chi connectivity index (χ2v) is 3.67. The first-order valence-corrected chi connectivity index (χ1v) is 4.75. The lowest BCUT2D eigenvalue weighted by Gasteiger charge is -2.29. The van der Waals surface area contributed by atoms with Crippen molar-refractivity contribution in [2.75, 3.05) is 19.8 Å². The molecule has 0 aromatic carbocycles. The van der Waals surface area contributed by atoms with Crippen LogP contribution in [0.25, 0.3) is 0 Å². The zero-order valence-electron chi connectivity index (χ0n) is 8.65. The largest absolute Gasteiger partial charge is 0.508 e. The third kappa shape index (κ3) is 3.14. The summed E-state index contributed by atoms with van der Waals surface area (Å²) in [6.45, 7) is 1.89. The number of cyclic esters (lactones) is 2. The average molecular weight is 212 g/mol. The summed E-state index contributed by atoms with van der Waals surface area (Å²) in [4.78, 5) is 22.2. The van der Waals surface area contributed by atoms with Crippen LogP contribution >= 0.6 is 0 Å². The molecule has 1 rings (SSSR count). The highest BCUT2D eigenvalue weighted by molar-refractivity contribution is 6.08. The summed E-state index contributed by atoms with van der Waals surface area (Å²) >= 11 is 0. The fourth-order valence-corrected chi connectivity index (χ4v) is 1.06. The van der Waals surface area contributed by atoms with Crippen molar-refractivity contribution in [2.24, 2.45) is 5.41 Å². The van der Waals surface area contributed by atoms with Crippen LogP contribution in [0, 0.1) is 5.41 Å². The predicted molar refractivity (Wildman–Crippen MR) is 51.5 cm³/mol. The Morgan fingerprint density at radius 2 is 2.13 bits per heavy atom. The summed E-state index contributed by atoms with van der Waals surface area (Å²) in [5.41, 5.74) is -0.900. The van der Waals surface area contributed by atoms with Gasteiger partial charge in [-0.05, 0) is 13.3 Å². The van der Waals surface area contributed by atoms with E-state index in [4.69, 9.17) is 12.6 Å². The van der Waals surface area contributed by atoms with Gasteiger partial charge in [0, 0.05) is 0 Å². The van der Waals surface area contributed by atoms with Crippen LogP contribution in [0.2, 0.25) is 6.32 Å². The van der Waals surface area contributed by atoms with Crippen molar-refractivity contribution in [3.8, 4) is 0 Å². The van der Waals surface area contributed by atoms with Crippen LogP contribution in [0.3, 0.4) is 0 Å². The number of hydrogen-bond acceptors (Lipinski definition) is 5. The topological polar surface area (TPSA) is 61.8 Å². The Morgan fingerprint density at radius 3 is 2.67 bits per heavy atom. The lowest BCUT2D eigenvalue weighted by Crippen LogP contribution is -2.44. The van der Waals surface area contributed by atoms with Crippen molar-refractivity contribution in [2.45, 2.75) is 19.7 Å². The van der Waals surface area contributed by atoms with Crippen molar-refractivity contribution < 1.29 is 23.8 Å². The van der Waals surface area contributed by atoms with Gasteiger partial charge in [-0.15, -0.1) is 0 Å². The van der Waals surface area contributed by atoms with Gasteiger partial charge < -0.3 is 14.2 Å². The van der Waals surface area contributed by atoms with E-state index in [1.165, 1.54) is 0 Å². The molecular weight excluding hydrogens is 199 g/mol. The third-order valence-electron chi connectivity index (χ3n) is 2.09. The maximum Gasteiger partial charge on any atom is 0.508 e. The summed E-state index contributed by atoms with van der Waals surface area (Å²) < 4.78 is 14.2. The molecule has 1 aliphatic heterocycles. The zero-order chi connectivity index (χ0) is 11.3. The highest BCUT2D eigenvalue weighted by Gasteiger charge is 2.41. The second-order valence-electron chi connectivity index (χ2n) is 3.67. The molecule has 0 aliphatic carbocycles. The van der Waals surface area contributed by atoms with Crippen molar-refractivity contribution in [1.82, 2.24) is 0 Å². The zero-order valence-corrected chi connectivity index (χ0v) is 8.65. The monoisotopic (exact) mass is 212 g/mol. The van der Waals surface area contributed by atoms with Crippen LogP contribution in [0.4, 0.5) is 4.79 Å². The maximum atomic E-state index is 11.6. The lowest BCUT2D eigenvalue weighted by molar-refractivity contribution is -0.166. The molecule has 0 atom stereocenters. The smallest absolute Gasteiger partial charge is 0.465 e. The molecule has 5 nitrogen and oxygen atoms in total. The molecule has 82 valence electrons. The molecule has 0 unspecified atom stereocenters. The Hall–Kier alpha value is -1.20. The van der Waals surface area contributed by atoms with Gasteiger partial charge in [0.25, 0.3) is 0 Å². The Bertz CT molecular complexity index is 243. The molecule has 1 aliphatic rings. The standard InChI is InChI=1S/C9H13BO5/c1-9(5-14-8(12)15-6-9)7(11)13-4-2-3-10/h2-6H2,1H3. The molecule has 1 fully saturated rings. The first-order valence-electron chi connectivity index (χ1n) is 4.75. The normalized spacial score (nSPS) is 18.9. The second kappa shape index (κ2) is 5.05. The summed E-state index contributed by atoms with van der Waals surface area (Å²) in [5, 5.41) is 0. The summed E-state index contributed by atoms with van der Waals surface area (Å²) in [6, 6.07) is 0. The van der Waals surface area contributed by atoms with Crippen molar-refractivity contribution in [3.63, 3.8) is 0 Å². The minimum absolute atomic E-state index is 0.00666. The van der Waals surface area contributed by atoms with E-state index < -0.39 is 17.5 Å². The lowest BCUT2D eigenvalue weighted by atomic mass is 9.92. The van der Waals surface area contributed by atoms with Crippen LogP contribution < -0.4 is 0 Å². The van der Waals surface area contributed by atoms with Gasteiger partial charge in [-0.2, -0.15) is 0 Å². The van der Waals surface area contributed by atoms with Crippen LogP contribution in [0.5, 0.6) is 0 Å². The summed E-state index contributed by atoms with van der Waals surface area (Å²) in [5.74, 6) is -0.427. The van der Waals surface area contributed by atoms with Gasteiger partial charge in [0.2, 0.25) is 0 Å². The van der Waals surface area contributed by atoms with E-state index in [1.54, 1.807) is 6.92 Å². The van der Waals surface area contributed by atoms with Gasteiger partial charge in [0.05, 0.1) is 14.5 Å². The van der Waals surface area contributed by atoms with E-state index in [0.717, 1.165) is 0 Å². The quantitative estimate of drug-likeness (QED) is 0.389. The number of ether oxygens (including phenoxy) is 3. The molecule has 0 bridgehead atoms. The number of rotatable bonds is 4. The Morgan fingerprint density at radius 1 is 1.53 bits per heavy atom. The molecule has 0 aromatic rings. The highest BCUT2D eigenvalue weighted by Crippen LogP contribution is 2.24. The number of esters is 1. The van der Waals surface area contributed by atoms with E-state index in [9.17, 15) is 9.59 Å². The van der Waals surface area contributed by atoms with E-state index in [-0.39, 0.29) is 19.8 Å². The molecule has 6 heteroatoms. The summed E-state index contributed by atoms with van der Waals surface area (Å²) in [7, 11) is 5.26. The van der Waals surface area contributed by atoms with Crippen LogP contribution in [0.15, 0.2) is 0 Å². The first kappa shape index (κ1) is 11.9. The van der Waals surface area contributed by atoms with Crippen LogP contribution in [-0.4, -0.2) is 39.8 Å². The predicted octanol–water partition coefficient (Wildman–Crippen LogP) is 0.680.